The highest BCUT2D eigenvalue weighted by molar-refractivity contribution is 7.17. The van der Waals surface area contributed by atoms with Crippen molar-refractivity contribution in [1.29, 1.82) is 0 Å². The van der Waals surface area contributed by atoms with Crippen molar-refractivity contribution >= 4 is 28.7 Å². The molecule has 0 unspecified atom stereocenters. The second-order valence-corrected chi connectivity index (χ2v) is 8.30. The Balaban J connectivity index is 1.80. The monoisotopic (exact) mass is 505 g/mol. The fourth-order valence-electron chi connectivity index (χ4n) is 3.16. The van der Waals surface area contributed by atoms with Gasteiger partial charge in [0.25, 0.3) is 0 Å². The van der Waals surface area contributed by atoms with E-state index in [0.717, 1.165) is 17.7 Å². The SMILES string of the molecule is CO/N=C(/C(=O)OC)c1cccc(C)c1CO/N=C(\C)c1ncc(-c2cccc(C(F)(F)F)c2)s1. The number of aromatic nitrogens is 1. The number of halogens is 3. The second kappa shape index (κ2) is 11.1. The van der Waals surface area contributed by atoms with E-state index in [4.69, 9.17) is 14.4 Å². The van der Waals surface area contributed by atoms with Gasteiger partial charge in [-0.3, -0.25) is 0 Å². The van der Waals surface area contributed by atoms with Crippen LogP contribution in [0.3, 0.4) is 0 Å². The molecule has 2 aromatic carbocycles. The maximum absolute atomic E-state index is 13.0. The van der Waals surface area contributed by atoms with Gasteiger partial charge in [0.05, 0.1) is 17.6 Å². The smallest absolute Gasteiger partial charge is 0.416 e. The zero-order valence-corrected chi connectivity index (χ0v) is 20.2. The van der Waals surface area contributed by atoms with E-state index in [2.05, 4.69) is 15.3 Å². The fourth-order valence-corrected chi connectivity index (χ4v) is 4.01. The molecule has 184 valence electrons. The van der Waals surface area contributed by atoms with Crippen LogP contribution in [0.1, 0.15) is 34.2 Å². The third-order valence-electron chi connectivity index (χ3n) is 4.93. The molecule has 0 aliphatic carbocycles. The Morgan fingerprint density at radius 2 is 1.86 bits per heavy atom. The van der Waals surface area contributed by atoms with Crippen LogP contribution in [0.2, 0.25) is 0 Å². The highest BCUT2D eigenvalue weighted by Crippen LogP contribution is 2.34. The lowest BCUT2D eigenvalue weighted by Crippen LogP contribution is -2.20. The summed E-state index contributed by atoms with van der Waals surface area (Å²) < 4.78 is 43.9. The molecule has 3 rings (SSSR count). The normalized spacial score (nSPS) is 12.4. The van der Waals surface area contributed by atoms with E-state index in [0.29, 0.717) is 32.3 Å². The predicted molar refractivity (Wildman–Crippen MR) is 126 cm³/mol. The molecule has 0 amide bonds. The summed E-state index contributed by atoms with van der Waals surface area (Å²) in [6.45, 7) is 3.55. The summed E-state index contributed by atoms with van der Waals surface area (Å²) in [4.78, 5) is 27.3. The molecule has 0 atom stereocenters. The number of carbonyl (C=O) groups is 1. The molecule has 0 aliphatic heterocycles. The van der Waals surface area contributed by atoms with Crippen LogP contribution < -0.4 is 0 Å². The number of hydrogen-bond donors (Lipinski definition) is 0. The molecular formula is C24H22F3N3O4S. The number of ether oxygens (including phenoxy) is 1. The van der Waals surface area contributed by atoms with Gasteiger partial charge in [-0.2, -0.15) is 13.2 Å². The number of methoxy groups -OCH3 is 1. The lowest BCUT2D eigenvalue weighted by molar-refractivity contribution is -0.137. The first-order valence-electron chi connectivity index (χ1n) is 10.2. The molecule has 1 aromatic heterocycles. The Morgan fingerprint density at radius 3 is 2.54 bits per heavy atom. The molecular weight excluding hydrogens is 483 g/mol. The Labute approximate surface area is 203 Å². The quantitative estimate of drug-likeness (QED) is 0.226. The van der Waals surface area contributed by atoms with E-state index >= 15 is 0 Å². The van der Waals surface area contributed by atoms with Crippen LogP contribution in [0.4, 0.5) is 13.2 Å². The summed E-state index contributed by atoms with van der Waals surface area (Å²) in [6.07, 6.45) is -2.93. The molecule has 0 bridgehead atoms. The van der Waals surface area contributed by atoms with Crippen LogP contribution in [0.25, 0.3) is 10.4 Å². The highest BCUT2D eigenvalue weighted by atomic mass is 32.1. The first kappa shape index (κ1) is 25.9. The van der Waals surface area contributed by atoms with E-state index in [-0.39, 0.29) is 12.3 Å². The molecule has 0 spiro atoms. The van der Waals surface area contributed by atoms with Crippen LogP contribution in [0.5, 0.6) is 0 Å². The third-order valence-corrected chi connectivity index (χ3v) is 6.08. The van der Waals surface area contributed by atoms with Gasteiger partial charge >= 0.3 is 12.1 Å². The molecule has 11 heteroatoms. The van der Waals surface area contributed by atoms with Crippen molar-refractivity contribution < 1.29 is 32.4 Å². The minimum atomic E-state index is -4.43. The number of oxime groups is 2. The van der Waals surface area contributed by atoms with E-state index < -0.39 is 17.7 Å². The van der Waals surface area contributed by atoms with E-state index in [1.807, 2.05) is 13.0 Å². The van der Waals surface area contributed by atoms with Gasteiger partial charge in [-0.1, -0.05) is 40.6 Å². The molecule has 7 nitrogen and oxygen atoms in total. The van der Waals surface area contributed by atoms with Crippen molar-refractivity contribution in [2.75, 3.05) is 14.2 Å². The fraction of sp³-hybridized carbons (Fsp3) is 0.250. The molecule has 0 aliphatic rings. The molecule has 0 fully saturated rings. The largest absolute Gasteiger partial charge is 0.464 e. The van der Waals surface area contributed by atoms with Gasteiger partial charge in [-0.05, 0) is 37.1 Å². The summed E-state index contributed by atoms with van der Waals surface area (Å²) in [7, 11) is 2.57. The van der Waals surface area contributed by atoms with Crippen LogP contribution in [0.15, 0.2) is 59.0 Å². The van der Waals surface area contributed by atoms with Crippen LogP contribution in [-0.4, -0.2) is 36.6 Å². The summed E-state index contributed by atoms with van der Waals surface area (Å²) in [5.74, 6) is -0.664. The van der Waals surface area contributed by atoms with Gasteiger partial charge in [-0.25, -0.2) is 9.78 Å². The molecule has 0 saturated heterocycles. The Kier molecular flexibility index (Phi) is 8.23. The van der Waals surface area contributed by atoms with Crippen molar-refractivity contribution in [3.05, 3.63) is 75.9 Å². The molecule has 1 heterocycles. The number of alkyl halides is 3. The molecule has 3 aromatic rings. The molecule has 0 N–H and O–H groups in total. The number of hydrogen-bond acceptors (Lipinski definition) is 8. The number of nitrogens with zero attached hydrogens (tertiary/aromatic N) is 3. The third kappa shape index (κ3) is 6.24. The number of rotatable bonds is 8. The van der Waals surface area contributed by atoms with E-state index in [9.17, 15) is 18.0 Å². The average molecular weight is 506 g/mol. The first-order chi connectivity index (χ1) is 16.7. The lowest BCUT2D eigenvalue weighted by Gasteiger charge is -2.12. The Morgan fingerprint density at radius 1 is 1.11 bits per heavy atom. The average Bonchev–Trinajstić information content (AvgIpc) is 3.33. The van der Waals surface area contributed by atoms with Crippen molar-refractivity contribution in [2.24, 2.45) is 10.3 Å². The number of esters is 1. The van der Waals surface area contributed by atoms with Gasteiger partial charge in [0.1, 0.15) is 24.4 Å². The molecule has 0 saturated carbocycles. The van der Waals surface area contributed by atoms with Crippen LogP contribution >= 0.6 is 11.3 Å². The predicted octanol–water partition coefficient (Wildman–Crippen LogP) is 5.60. The summed E-state index contributed by atoms with van der Waals surface area (Å²) >= 11 is 1.20. The second-order valence-electron chi connectivity index (χ2n) is 7.27. The van der Waals surface area contributed by atoms with Crippen molar-refractivity contribution in [2.45, 2.75) is 26.6 Å². The summed E-state index contributed by atoms with van der Waals surface area (Å²) in [5, 5.41) is 8.38. The van der Waals surface area contributed by atoms with E-state index in [1.165, 1.54) is 37.8 Å². The summed E-state index contributed by atoms with van der Waals surface area (Å²) in [5.41, 5.74) is 2.10. The minimum absolute atomic E-state index is 0.0105. The molecule has 35 heavy (non-hydrogen) atoms. The number of aryl methyl sites for hydroxylation is 1. The zero-order valence-electron chi connectivity index (χ0n) is 19.3. The first-order valence-corrected chi connectivity index (χ1v) is 11.1. The number of thiazole rings is 1. The maximum Gasteiger partial charge on any atom is 0.416 e. The Bertz CT molecular complexity index is 1270. The van der Waals surface area contributed by atoms with Gasteiger partial charge in [0, 0.05) is 17.3 Å². The van der Waals surface area contributed by atoms with Gasteiger partial charge in [0.2, 0.25) is 0 Å². The van der Waals surface area contributed by atoms with Gasteiger partial charge < -0.3 is 14.4 Å². The standard InChI is InChI=1S/C24H22F3N3O4S/c1-14-7-5-10-18(21(30-33-4)23(31)32-3)19(14)13-34-29-15(2)22-28-12-20(35-22)16-8-6-9-17(11-16)24(25,26)27/h5-12H,13H2,1-4H3/b29-15+,30-21+. The lowest BCUT2D eigenvalue weighted by atomic mass is 9.99. The zero-order chi connectivity index (χ0) is 25.6. The summed E-state index contributed by atoms with van der Waals surface area (Å²) in [6, 6.07) is 10.4. The van der Waals surface area contributed by atoms with Gasteiger partial charge in [-0.15, -0.1) is 11.3 Å². The highest BCUT2D eigenvalue weighted by Gasteiger charge is 2.30. The van der Waals surface area contributed by atoms with Crippen molar-refractivity contribution in [3.8, 4) is 10.4 Å². The topological polar surface area (TPSA) is 82.4 Å². The van der Waals surface area contributed by atoms with Crippen LogP contribution in [0, 0.1) is 6.92 Å². The molecule has 0 radical (unpaired) electrons. The van der Waals surface area contributed by atoms with Crippen molar-refractivity contribution in [3.63, 3.8) is 0 Å². The number of benzene rings is 2. The van der Waals surface area contributed by atoms with Gasteiger partial charge in [0.15, 0.2) is 5.71 Å². The van der Waals surface area contributed by atoms with Crippen LogP contribution in [-0.2, 0) is 32.0 Å². The van der Waals surface area contributed by atoms with E-state index in [1.54, 1.807) is 25.1 Å². The maximum atomic E-state index is 13.0. The van der Waals surface area contributed by atoms with Crippen molar-refractivity contribution in [1.82, 2.24) is 4.98 Å². The number of carbonyl (C=O) groups excluding carboxylic acids is 1. The minimum Gasteiger partial charge on any atom is -0.464 e. The Hall–Kier alpha value is -3.73.